The topological polar surface area (TPSA) is 154 Å². The Labute approximate surface area is 462 Å². The number of esters is 1. The number of hydrogen-bond donors (Lipinski definition) is 1. The number of likely N-dealkylation sites (N-methyl/N-ethyl adjacent to an activating group) is 1. The highest BCUT2D eigenvalue weighted by molar-refractivity contribution is 7.98. The number of aromatic nitrogens is 2. The number of hydrogen-bond acceptors (Lipinski definition) is 14. The first-order valence-electron chi connectivity index (χ1n) is 27.5. The van der Waals surface area contributed by atoms with Crippen molar-refractivity contribution in [3.05, 3.63) is 47.8 Å². The Morgan fingerprint density at radius 1 is 1.09 bits per heavy atom. The summed E-state index contributed by atoms with van der Waals surface area (Å²) in [4.78, 5) is 68.0. The molecule has 7 heterocycles. The van der Waals surface area contributed by atoms with Gasteiger partial charge in [-0.25, -0.2) is 13.8 Å². The third-order valence-electron chi connectivity index (χ3n) is 16.4. The molecule has 4 saturated heterocycles. The highest BCUT2D eigenvalue weighted by Gasteiger charge is 2.53. The summed E-state index contributed by atoms with van der Waals surface area (Å²) in [6, 6.07) is 10.4. The molecule has 1 aromatic carbocycles. The van der Waals surface area contributed by atoms with Crippen LogP contribution in [-0.4, -0.2) is 189 Å². The number of pyridine rings is 1. The van der Waals surface area contributed by atoms with Crippen LogP contribution in [0, 0.1) is 29.1 Å². The number of amides is 3. The second kappa shape index (κ2) is 24.4. The Morgan fingerprint density at radius 3 is 2.55 bits per heavy atom. The molecule has 2 radical (unpaired) electrons. The molecular weight excluding hydrogens is 1020 g/mol. The number of alkyl halides is 1. The summed E-state index contributed by atoms with van der Waals surface area (Å²) in [6.45, 7) is 19.9. The number of anilines is 1. The van der Waals surface area contributed by atoms with Gasteiger partial charge in [-0.15, -0.1) is 0 Å². The van der Waals surface area contributed by atoms with Crippen LogP contribution in [-0.2, 0) is 51.1 Å². The minimum Gasteiger partial charge on any atom is -0.465 e. The number of likely N-dealkylation sites (tertiary alicyclic amines) is 1. The van der Waals surface area contributed by atoms with Gasteiger partial charge in [-0.05, 0) is 115 Å². The van der Waals surface area contributed by atoms with Crippen molar-refractivity contribution in [1.82, 2.24) is 38.7 Å². The highest BCUT2D eigenvalue weighted by Crippen LogP contribution is 2.43. The molecule has 3 aromatic rings. The standard InChI is InChI=1S/C57H82FN9O8SSi/c1-13-65-45-19-18-39-30-43(45)44(50(65)41-16-14-24-59-49(41)38(4)72-12)32-55(5,6)35-75-53(70)42-17-15-25-66(67-52(42)77-67)51(69)47(31-40-33-64(39)28-29-74-40)76-60-36-73-34-46(37(2)3)62(11)54(71)57(58)22-26-63(27-23-57)48(68)20-21-56(7,8)61(9)10/h14,16,18-19,24,30,37-38,40,42,46-47,52,60H,13,15,17,22-23,25-29,31-36H2,1-12H3/t38-,40-,42+,46+,47-,52?,67?/m0/s1. The lowest BCUT2D eigenvalue weighted by Gasteiger charge is -2.40. The molecule has 20 heteroatoms. The normalized spacial score (nSPS) is 24.6. The number of benzene rings is 1. The molecule has 5 aliphatic rings. The van der Waals surface area contributed by atoms with E-state index in [2.05, 4.69) is 75.7 Å². The number of rotatable bonds is 14. The maximum Gasteiger partial charge on any atom is 0.310 e. The van der Waals surface area contributed by atoms with Crippen LogP contribution in [0.2, 0.25) is 0 Å². The van der Waals surface area contributed by atoms with Crippen LogP contribution >= 0.6 is 11.9 Å². The van der Waals surface area contributed by atoms with Gasteiger partial charge in [0.15, 0.2) is 15.3 Å². The second-order valence-electron chi connectivity index (χ2n) is 23.3. The summed E-state index contributed by atoms with van der Waals surface area (Å²) < 4.78 is 49.1. The van der Waals surface area contributed by atoms with E-state index >= 15 is 4.39 Å². The number of aryl methyl sites for hydroxylation is 1. The van der Waals surface area contributed by atoms with Gasteiger partial charge in [-0.3, -0.25) is 34.1 Å². The predicted molar refractivity (Wildman–Crippen MR) is 299 cm³/mol. The van der Waals surface area contributed by atoms with E-state index in [0.29, 0.717) is 51.9 Å². The molecule has 420 valence electrons. The summed E-state index contributed by atoms with van der Waals surface area (Å²) >= 11 is 1.30. The van der Waals surface area contributed by atoms with Gasteiger partial charge in [0, 0.05) is 106 Å². The van der Waals surface area contributed by atoms with Crippen molar-refractivity contribution in [3.8, 4) is 23.1 Å². The Balaban J connectivity index is 0.991. The van der Waals surface area contributed by atoms with Gasteiger partial charge in [0.25, 0.3) is 17.7 Å². The van der Waals surface area contributed by atoms with Crippen molar-refractivity contribution in [2.24, 2.45) is 17.3 Å². The van der Waals surface area contributed by atoms with E-state index in [1.54, 1.807) is 14.2 Å². The second-order valence-corrected chi connectivity index (χ2v) is 25.7. The molecule has 0 aliphatic carbocycles. The summed E-state index contributed by atoms with van der Waals surface area (Å²) in [7, 11) is 7.40. The first-order valence-corrected chi connectivity index (χ1v) is 29.4. The molecule has 77 heavy (non-hydrogen) atoms. The molecule has 3 amide bonds. The fourth-order valence-electron chi connectivity index (χ4n) is 11.1. The van der Waals surface area contributed by atoms with E-state index in [0.717, 1.165) is 40.1 Å². The van der Waals surface area contributed by atoms with Crippen LogP contribution in [0.3, 0.4) is 0 Å². The third kappa shape index (κ3) is 13.0. The smallest absolute Gasteiger partial charge is 0.310 e. The molecule has 7 atom stereocenters. The minimum absolute atomic E-state index is 0.0563. The van der Waals surface area contributed by atoms with Crippen molar-refractivity contribution < 1.29 is 42.5 Å². The molecule has 17 nitrogen and oxygen atoms in total. The molecule has 4 fully saturated rings. The van der Waals surface area contributed by atoms with Gasteiger partial charge >= 0.3 is 5.97 Å². The van der Waals surface area contributed by atoms with Crippen molar-refractivity contribution in [2.75, 3.05) is 92.4 Å². The van der Waals surface area contributed by atoms with Gasteiger partial charge in [-0.2, -0.15) is 0 Å². The van der Waals surface area contributed by atoms with Crippen molar-refractivity contribution >= 4 is 61.9 Å². The number of cyclic esters (lactones) is 1. The third-order valence-corrected chi connectivity index (χ3v) is 18.8. The highest BCUT2D eigenvalue weighted by atomic mass is 32.2. The number of morpholine rings is 1. The molecule has 1 N–H and O–H groups in total. The van der Waals surface area contributed by atoms with Crippen LogP contribution in [0.4, 0.5) is 10.1 Å². The first kappa shape index (κ1) is 58.6. The molecule has 2 unspecified atom stereocenters. The summed E-state index contributed by atoms with van der Waals surface area (Å²) in [5.74, 6) is 4.05. The molecule has 8 rings (SSSR count). The van der Waals surface area contributed by atoms with Gasteiger partial charge in [0.1, 0.15) is 12.0 Å². The monoisotopic (exact) mass is 1100 g/mol. The average Bonchev–Trinajstić information content (AvgIpc) is 4.25. The quantitative estimate of drug-likeness (QED) is 0.0365. The number of nitrogens with zero attached hydrogens (tertiary/aromatic N) is 8. The van der Waals surface area contributed by atoms with Gasteiger partial charge < -0.3 is 38.2 Å². The summed E-state index contributed by atoms with van der Waals surface area (Å²) in [6.07, 6.45) is 3.42. The van der Waals surface area contributed by atoms with E-state index in [4.69, 9.17) is 23.9 Å². The Hall–Kier alpha value is -4.59. The number of nitrogens with one attached hydrogen (secondary N) is 1. The molecule has 6 bridgehead atoms. The lowest BCUT2D eigenvalue weighted by Crippen LogP contribution is -2.56. The van der Waals surface area contributed by atoms with Crippen LogP contribution in [0.5, 0.6) is 0 Å². The molecule has 0 spiro atoms. The molecule has 2 aromatic heterocycles. The number of piperidine rings is 1. The number of halogens is 1. The average molecular weight is 1100 g/mol. The molecule has 0 saturated carbocycles. The Kier molecular flexibility index (Phi) is 18.6. The SMILES string of the molecule is CCn1c(-c2cccnc2[C@H](C)OC)c2c3cc(ccc31)N1CCO[C@@H](C[C@H](SNCOC[C@H](C(C)C)N(C)C(=O)C3(F)CCN(C(=O)C#CC(C)(C)N(C)C)CC3)C(=O)N3CCC[C@@H](C(=O)OCC(C)(C)C2)C2[Si]N23)C1. The molecule has 5 aliphatic heterocycles. The number of methoxy groups -OCH3 is 1. The van der Waals surface area contributed by atoms with Crippen molar-refractivity contribution in [2.45, 2.75) is 141 Å². The van der Waals surface area contributed by atoms with Crippen molar-refractivity contribution in [3.63, 3.8) is 0 Å². The minimum atomic E-state index is -2.13. The zero-order valence-corrected chi connectivity index (χ0v) is 49.3. The number of fused-ring (bicyclic) bond motifs is 4. The van der Waals surface area contributed by atoms with Gasteiger partial charge in [-0.1, -0.05) is 45.6 Å². The zero-order valence-electron chi connectivity index (χ0n) is 47.4. The van der Waals surface area contributed by atoms with Crippen LogP contribution in [0.1, 0.15) is 105 Å². The van der Waals surface area contributed by atoms with E-state index < -0.39 is 33.8 Å². The predicted octanol–water partition coefficient (Wildman–Crippen LogP) is 6.30. The van der Waals surface area contributed by atoms with Crippen molar-refractivity contribution in [1.29, 1.82) is 0 Å². The zero-order chi connectivity index (χ0) is 55.6. The van der Waals surface area contributed by atoms with E-state index in [-0.39, 0.29) is 103 Å². The maximum absolute atomic E-state index is 16.5. The Bertz CT molecular complexity index is 2690. The maximum atomic E-state index is 16.5. The largest absolute Gasteiger partial charge is 0.465 e. The van der Waals surface area contributed by atoms with Crippen LogP contribution in [0.15, 0.2) is 36.5 Å². The summed E-state index contributed by atoms with van der Waals surface area (Å²) in [5, 5.41) is 2.41. The lowest BCUT2D eigenvalue weighted by atomic mass is 9.84. The van der Waals surface area contributed by atoms with Gasteiger partial charge in [0.2, 0.25) is 0 Å². The number of hydrazine groups is 1. The fraction of sp³-hybridized carbons (Fsp3) is 0.667. The first-order chi connectivity index (χ1) is 36.6. The van der Waals surface area contributed by atoms with Gasteiger partial charge in [0.05, 0.1) is 60.9 Å². The number of carbonyl (C=O) groups excluding carboxylic acids is 4. The number of carbonyl (C=O) groups is 4. The molecular formula is C57H82FN9O8SSi. The van der Waals surface area contributed by atoms with E-state index in [9.17, 15) is 19.2 Å². The van der Waals surface area contributed by atoms with Crippen LogP contribution < -0.4 is 9.62 Å². The lowest BCUT2D eigenvalue weighted by molar-refractivity contribution is -0.153. The Morgan fingerprint density at radius 2 is 1.84 bits per heavy atom. The summed E-state index contributed by atoms with van der Waals surface area (Å²) in [5.41, 5.74) is 3.14. The van der Waals surface area contributed by atoms with E-state index in [1.165, 1.54) is 27.3 Å². The number of ether oxygens (including phenoxy) is 4. The van der Waals surface area contributed by atoms with Crippen LogP contribution in [0.25, 0.3) is 22.2 Å². The fourth-order valence-corrected chi connectivity index (χ4v) is 13.3. The van der Waals surface area contributed by atoms with E-state index in [1.807, 2.05) is 70.9 Å².